The van der Waals surface area contributed by atoms with Crippen molar-refractivity contribution >= 4 is 28.3 Å². The van der Waals surface area contributed by atoms with Crippen molar-refractivity contribution in [1.82, 2.24) is 5.32 Å². The van der Waals surface area contributed by atoms with E-state index >= 15 is 0 Å². The Morgan fingerprint density at radius 3 is 2.41 bits per heavy atom. The number of fused-ring (bicyclic) bond motifs is 1. The van der Waals surface area contributed by atoms with Gasteiger partial charge in [0.2, 0.25) is 0 Å². The number of hydrogen-bond donors (Lipinski definition) is 2. The summed E-state index contributed by atoms with van der Waals surface area (Å²) in [5, 5.41) is 7.80. The maximum absolute atomic E-state index is 12.6. The molecule has 150 valence electrons. The minimum Gasteiger partial charge on any atom is -0.493 e. The third-order valence-corrected chi connectivity index (χ3v) is 4.24. The zero-order valence-corrected chi connectivity index (χ0v) is 16.7. The fourth-order valence-electron chi connectivity index (χ4n) is 2.91. The van der Waals surface area contributed by atoms with Crippen LogP contribution >= 0.6 is 0 Å². The minimum atomic E-state index is -0.261. The van der Waals surface area contributed by atoms with Crippen molar-refractivity contribution in [3.63, 3.8) is 0 Å². The van der Waals surface area contributed by atoms with Crippen molar-refractivity contribution in [3.8, 4) is 11.5 Å². The summed E-state index contributed by atoms with van der Waals surface area (Å²) in [5.41, 5.74) is 1.13. The Morgan fingerprint density at radius 2 is 1.69 bits per heavy atom. The molecule has 6 nitrogen and oxygen atoms in total. The lowest BCUT2D eigenvalue weighted by atomic mass is 10.1. The number of carbonyl (C=O) groups excluding carboxylic acids is 2. The van der Waals surface area contributed by atoms with Gasteiger partial charge in [-0.2, -0.15) is 0 Å². The average Bonchev–Trinajstić information content (AvgIpc) is 2.71. The Labute approximate surface area is 169 Å². The Morgan fingerprint density at radius 1 is 0.931 bits per heavy atom. The number of amides is 2. The van der Waals surface area contributed by atoms with E-state index < -0.39 is 0 Å². The highest BCUT2D eigenvalue weighted by Crippen LogP contribution is 2.28. The minimum absolute atomic E-state index is 0.0363. The molecule has 29 heavy (non-hydrogen) atoms. The number of rotatable bonds is 7. The first-order valence-electron chi connectivity index (χ1n) is 9.36. The van der Waals surface area contributed by atoms with Crippen molar-refractivity contribution in [2.75, 3.05) is 19.0 Å². The Kier molecular flexibility index (Phi) is 6.34. The predicted octanol–water partition coefficient (Wildman–Crippen LogP) is 4.00. The molecular formula is C23H24N2O4. The van der Waals surface area contributed by atoms with Gasteiger partial charge in [0.1, 0.15) is 0 Å². The van der Waals surface area contributed by atoms with E-state index in [1.54, 1.807) is 18.2 Å². The van der Waals surface area contributed by atoms with Gasteiger partial charge in [-0.3, -0.25) is 9.59 Å². The highest BCUT2D eigenvalue weighted by molar-refractivity contribution is 6.05. The van der Waals surface area contributed by atoms with E-state index in [1.165, 1.54) is 7.11 Å². The maximum Gasteiger partial charge on any atom is 0.258 e. The summed E-state index contributed by atoms with van der Waals surface area (Å²) in [6.07, 6.45) is 0. The van der Waals surface area contributed by atoms with Gasteiger partial charge in [-0.25, -0.2) is 0 Å². The molecule has 2 N–H and O–H groups in total. The molecule has 3 rings (SSSR count). The van der Waals surface area contributed by atoms with Crippen LogP contribution in [0.5, 0.6) is 11.5 Å². The fraction of sp³-hybridized carbons (Fsp3) is 0.217. The van der Waals surface area contributed by atoms with E-state index in [4.69, 9.17) is 9.47 Å². The fourth-order valence-corrected chi connectivity index (χ4v) is 2.91. The van der Waals surface area contributed by atoms with Crippen LogP contribution in [0.25, 0.3) is 10.8 Å². The number of methoxy groups -OCH3 is 1. The van der Waals surface area contributed by atoms with Gasteiger partial charge >= 0.3 is 0 Å². The molecule has 0 aliphatic heterocycles. The van der Waals surface area contributed by atoms with Gasteiger partial charge in [0.25, 0.3) is 11.8 Å². The molecular weight excluding hydrogens is 368 g/mol. The second-order valence-corrected chi connectivity index (χ2v) is 6.89. The van der Waals surface area contributed by atoms with E-state index in [0.717, 1.165) is 10.8 Å². The Balaban J connectivity index is 1.70. The number of nitrogens with one attached hydrogen (secondary N) is 2. The number of ether oxygens (including phenoxy) is 2. The topological polar surface area (TPSA) is 76.7 Å². The molecule has 3 aromatic rings. The molecule has 0 heterocycles. The van der Waals surface area contributed by atoms with Gasteiger partial charge < -0.3 is 20.1 Å². The SMILES string of the molecule is COc1cc(C(=O)Nc2ccc3ccccc3c2)ccc1OCC(=O)NC(C)C. The van der Waals surface area contributed by atoms with Gasteiger partial charge in [0.15, 0.2) is 18.1 Å². The predicted molar refractivity (Wildman–Crippen MR) is 114 cm³/mol. The quantitative estimate of drug-likeness (QED) is 0.637. The third-order valence-electron chi connectivity index (χ3n) is 4.24. The van der Waals surface area contributed by atoms with E-state index in [-0.39, 0.29) is 24.5 Å². The van der Waals surface area contributed by atoms with Crippen LogP contribution in [-0.4, -0.2) is 31.6 Å². The summed E-state index contributed by atoms with van der Waals surface area (Å²) in [7, 11) is 1.49. The molecule has 0 atom stereocenters. The standard InChI is InChI=1S/C23H24N2O4/c1-15(2)24-22(26)14-29-20-11-9-18(13-21(20)28-3)23(27)25-19-10-8-16-6-4-5-7-17(16)12-19/h4-13,15H,14H2,1-3H3,(H,24,26)(H,25,27). The lowest BCUT2D eigenvalue weighted by molar-refractivity contribution is -0.123. The molecule has 0 aromatic heterocycles. The lowest BCUT2D eigenvalue weighted by Gasteiger charge is -2.13. The second-order valence-electron chi connectivity index (χ2n) is 6.89. The molecule has 0 fully saturated rings. The molecule has 0 aliphatic carbocycles. The lowest BCUT2D eigenvalue weighted by Crippen LogP contribution is -2.34. The summed E-state index contributed by atoms with van der Waals surface area (Å²) < 4.78 is 10.8. The average molecular weight is 392 g/mol. The van der Waals surface area contributed by atoms with Crippen LogP contribution < -0.4 is 20.1 Å². The van der Waals surface area contributed by atoms with Crippen molar-refractivity contribution in [3.05, 3.63) is 66.2 Å². The highest BCUT2D eigenvalue weighted by Gasteiger charge is 2.13. The van der Waals surface area contributed by atoms with Crippen LogP contribution in [-0.2, 0) is 4.79 Å². The summed E-state index contributed by atoms with van der Waals surface area (Å²) in [6.45, 7) is 3.63. The number of anilines is 1. The van der Waals surface area contributed by atoms with Crippen molar-refractivity contribution in [2.24, 2.45) is 0 Å². The molecule has 3 aromatic carbocycles. The molecule has 2 amide bonds. The normalized spacial score (nSPS) is 10.6. The summed E-state index contributed by atoms with van der Waals surface area (Å²) >= 11 is 0. The summed E-state index contributed by atoms with van der Waals surface area (Å²) in [6, 6.07) is 18.6. The second kappa shape index (κ2) is 9.10. The zero-order chi connectivity index (χ0) is 20.8. The largest absolute Gasteiger partial charge is 0.493 e. The molecule has 6 heteroatoms. The number of carbonyl (C=O) groups is 2. The first kappa shape index (κ1) is 20.2. The number of benzene rings is 3. The van der Waals surface area contributed by atoms with Crippen molar-refractivity contribution in [1.29, 1.82) is 0 Å². The molecule has 0 radical (unpaired) electrons. The van der Waals surface area contributed by atoms with Crippen LogP contribution in [0.4, 0.5) is 5.69 Å². The van der Waals surface area contributed by atoms with Gasteiger partial charge in [-0.1, -0.05) is 30.3 Å². The van der Waals surface area contributed by atoms with E-state index in [2.05, 4.69) is 10.6 Å². The highest BCUT2D eigenvalue weighted by atomic mass is 16.5. The van der Waals surface area contributed by atoms with E-state index in [0.29, 0.717) is 22.7 Å². The summed E-state index contributed by atoms with van der Waals surface area (Å²) in [4.78, 5) is 24.4. The van der Waals surface area contributed by atoms with E-state index in [9.17, 15) is 9.59 Å². The molecule has 0 saturated carbocycles. The van der Waals surface area contributed by atoms with Crippen molar-refractivity contribution < 1.29 is 19.1 Å². The van der Waals surface area contributed by atoms with Crippen LogP contribution in [0.2, 0.25) is 0 Å². The van der Waals surface area contributed by atoms with Crippen LogP contribution in [0.15, 0.2) is 60.7 Å². The smallest absolute Gasteiger partial charge is 0.258 e. The van der Waals surface area contributed by atoms with Gasteiger partial charge in [0.05, 0.1) is 7.11 Å². The summed E-state index contributed by atoms with van der Waals surface area (Å²) in [5.74, 6) is 0.296. The molecule has 0 saturated heterocycles. The number of hydrogen-bond acceptors (Lipinski definition) is 4. The van der Waals surface area contributed by atoms with Crippen LogP contribution in [0.1, 0.15) is 24.2 Å². The van der Waals surface area contributed by atoms with Gasteiger partial charge in [-0.05, 0) is 55.0 Å². The van der Waals surface area contributed by atoms with Crippen molar-refractivity contribution in [2.45, 2.75) is 19.9 Å². The van der Waals surface area contributed by atoms with Crippen LogP contribution in [0.3, 0.4) is 0 Å². The monoisotopic (exact) mass is 392 g/mol. The van der Waals surface area contributed by atoms with Crippen LogP contribution in [0, 0.1) is 0 Å². The molecule has 0 spiro atoms. The maximum atomic E-state index is 12.6. The zero-order valence-electron chi connectivity index (χ0n) is 16.7. The molecule has 0 bridgehead atoms. The Hall–Kier alpha value is -3.54. The molecule has 0 unspecified atom stereocenters. The Bertz CT molecular complexity index is 1030. The van der Waals surface area contributed by atoms with E-state index in [1.807, 2.05) is 56.3 Å². The first-order chi connectivity index (χ1) is 14.0. The van der Waals surface area contributed by atoms with Gasteiger partial charge in [0, 0.05) is 17.3 Å². The molecule has 0 aliphatic rings. The van der Waals surface area contributed by atoms with Gasteiger partial charge in [-0.15, -0.1) is 0 Å². The first-order valence-corrected chi connectivity index (χ1v) is 9.36. The third kappa shape index (κ3) is 5.25.